The molecule has 0 bridgehead atoms. The third kappa shape index (κ3) is 10.6. The number of hydrogen-bond donors (Lipinski definition) is 4. The molecule has 12 heteroatoms. The molecule has 0 atom stereocenters. The van der Waals surface area contributed by atoms with Crippen LogP contribution in [0.5, 0.6) is 0 Å². The Hall–Kier alpha value is -6.30. The summed E-state index contributed by atoms with van der Waals surface area (Å²) in [6.07, 6.45) is 6.27. The number of rotatable bonds is 8. The number of hydrogen-bond acceptors (Lipinski definition) is 8. The zero-order chi connectivity index (χ0) is 42.8. The Kier molecular flexibility index (Phi) is 12.0. The fourth-order valence-corrected chi connectivity index (χ4v) is 5.84. The molecule has 0 saturated carbocycles. The van der Waals surface area contributed by atoms with Gasteiger partial charge in [-0.15, -0.1) is 0 Å². The van der Waals surface area contributed by atoms with Crippen LogP contribution in [0.15, 0.2) is 85.5 Å². The van der Waals surface area contributed by atoms with E-state index in [4.69, 9.17) is 0 Å². The van der Waals surface area contributed by atoms with Gasteiger partial charge in [-0.05, 0) is 105 Å². The minimum Gasteiger partial charge on any atom is -0.319 e. The smallest absolute Gasteiger partial charge is 0.274 e. The zero-order valence-electron chi connectivity index (χ0n) is 35.5. The summed E-state index contributed by atoms with van der Waals surface area (Å²) in [5.74, 6) is -2.25. The Bertz CT molecular complexity index is 2050. The van der Waals surface area contributed by atoms with Gasteiger partial charge >= 0.3 is 0 Å². The lowest BCUT2D eigenvalue weighted by Gasteiger charge is -2.21. The van der Waals surface area contributed by atoms with Crippen molar-refractivity contribution >= 4 is 46.4 Å². The van der Waals surface area contributed by atoms with Crippen molar-refractivity contribution in [1.29, 1.82) is 0 Å². The van der Waals surface area contributed by atoms with E-state index < -0.39 is 23.6 Å². The van der Waals surface area contributed by atoms with E-state index in [1.54, 1.807) is 49.1 Å². The molecule has 58 heavy (non-hydrogen) atoms. The van der Waals surface area contributed by atoms with Crippen LogP contribution in [0.1, 0.15) is 147 Å². The summed E-state index contributed by atoms with van der Waals surface area (Å²) < 4.78 is 0. The van der Waals surface area contributed by atoms with Crippen LogP contribution in [0.3, 0.4) is 0 Å². The first kappa shape index (κ1) is 42.8. The SMILES string of the molecule is CC(C)(C)c1ccnc(C(=O)Nc2cc(NC(=O)c3cc(C(C)(C)C)ccn3)c(NC(=O)c3cc(C(C)(C)C)ccn3)cc2NC(=O)c2cc(C(C)(C)C)ccn2)c1. The maximum Gasteiger partial charge on any atom is 0.274 e. The first-order valence-electron chi connectivity index (χ1n) is 19.2. The Labute approximate surface area is 341 Å². The van der Waals surface area contributed by atoms with Crippen molar-refractivity contribution in [2.45, 2.75) is 105 Å². The van der Waals surface area contributed by atoms with Crippen molar-refractivity contribution in [1.82, 2.24) is 19.9 Å². The van der Waals surface area contributed by atoms with Crippen LogP contribution in [0.2, 0.25) is 0 Å². The molecule has 4 aromatic heterocycles. The minimum absolute atomic E-state index is 0.117. The normalized spacial score (nSPS) is 12.1. The molecule has 0 spiro atoms. The molecular weight excluding hydrogens is 729 g/mol. The second-order valence-corrected chi connectivity index (χ2v) is 18.5. The van der Waals surface area contributed by atoms with Gasteiger partial charge in [0.2, 0.25) is 0 Å². The first-order chi connectivity index (χ1) is 26.9. The van der Waals surface area contributed by atoms with Gasteiger partial charge in [-0.3, -0.25) is 39.1 Å². The van der Waals surface area contributed by atoms with E-state index in [1.807, 2.05) is 107 Å². The third-order valence-electron chi connectivity index (χ3n) is 9.58. The lowest BCUT2D eigenvalue weighted by Crippen LogP contribution is -2.23. The van der Waals surface area contributed by atoms with Gasteiger partial charge in [0.05, 0.1) is 22.7 Å². The topological polar surface area (TPSA) is 168 Å². The van der Waals surface area contributed by atoms with Crippen LogP contribution in [-0.2, 0) is 21.7 Å². The number of aromatic nitrogens is 4. The van der Waals surface area contributed by atoms with E-state index in [-0.39, 0.29) is 67.2 Å². The summed E-state index contributed by atoms with van der Waals surface area (Å²) in [4.78, 5) is 73.0. The first-order valence-corrected chi connectivity index (χ1v) is 19.2. The summed E-state index contributed by atoms with van der Waals surface area (Å²) in [5.41, 5.74) is 3.56. The number of nitrogens with one attached hydrogen (secondary N) is 4. The molecule has 0 radical (unpaired) electrons. The molecule has 4 N–H and O–H groups in total. The van der Waals surface area contributed by atoms with E-state index in [2.05, 4.69) is 41.2 Å². The van der Waals surface area contributed by atoms with Crippen molar-refractivity contribution in [2.75, 3.05) is 21.3 Å². The average Bonchev–Trinajstić information content (AvgIpc) is 3.15. The molecule has 0 aliphatic heterocycles. The molecule has 0 unspecified atom stereocenters. The van der Waals surface area contributed by atoms with Crippen LogP contribution >= 0.6 is 0 Å². The van der Waals surface area contributed by atoms with Crippen LogP contribution in [0, 0.1) is 0 Å². The fourth-order valence-electron chi connectivity index (χ4n) is 5.84. The highest BCUT2D eigenvalue weighted by atomic mass is 16.2. The molecule has 5 rings (SSSR count). The Balaban J connectivity index is 1.65. The number of anilines is 4. The van der Waals surface area contributed by atoms with E-state index >= 15 is 0 Å². The fraction of sp³-hybridized carbons (Fsp3) is 0.348. The van der Waals surface area contributed by atoms with Crippen LogP contribution < -0.4 is 21.3 Å². The van der Waals surface area contributed by atoms with Crippen molar-refractivity contribution < 1.29 is 19.2 Å². The monoisotopic (exact) mass is 782 g/mol. The number of benzene rings is 1. The van der Waals surface area contributed by atoms with Crippen LogP contribution in [0.4, 0.5) is 22.7 Å². The molecule has 0 aliphatic carbocycles. The summed E-state index contributed by atoms with van der Waals surface area (Å²) >= 11 is 0. The number of carbonyl (C=O) groups is 4. The summed E-state index contributed by atoms with van der Waals surface area (Å²) in [7, 11) is 0. The molecule has 4 heterocycles. The molecular formula is C46H54N8O4. The summed E-state index contributed by atoms with van der Waals surface area (Å²) in [6.45, 7) is 24.4. The second-order valence-electron chi connectivity index (χ2n) is 18.5. The Morgan fingerprint density at radius 1 is 0.345 bits per heavy atom. The van der Waals surface area contributed by atoms with Gasteiger partial charge in [-0.1, -0.05) is 83.1 Å². The third-order valence-corrected chi connectivity index (χ3v) is 9.58. The number of nitrogens with zero attached hydrogens (tertiary/aromatic N) is 4. The number of amides is 4. The molecule has 0 fully saturated rings. The van der Waals surface area contributed by atoms with Crippen LogP contribution in [-0.4, -0.2) is 43.6 Å². The average molecular weight is 783 g/mol. The quantitative estimate of drug-likeness (QED) is 0.121. The van der Waals surface area contributed by atoms with Gasteiger partial charge in [0, 0.05) is 24.8 Å². The largest absolute Gasteiger partial charge is 0.319 e. The Morgan fingerprint density at radius 2 is 0.534 bits per heavy atom. The lowest BCUT2D eigenvalue weighted by atomic mass is 9.87. The summed E-state index contributed by atoms with van der Waals surface area (Å²) in [6, 6.07) is 17.2. The standard InChI is InChI=1S/C46H54N8O4/c1-43(2,3)27-13-17-47-35(21-27)39(55)51-31-25-33(53-41(57)37-23-29(15-19-49-37)45(7,8)9)34(54-42(58)38-24-30(16-20-50-38)46(10,11)12)26-32(31)52-40(56)36-22-28(14-18-48-36)44(4,5)6/h13-26H,1-12H3,(H,51,55)(H,52,56)(H,53,57)(H,54,58). The van der Waals surface area contributed by atoms with Crippen molar-refractivity contribution in [2.24, 2.45) is 0 Å². The molecule has 12 nitrogen and oxygen atoms in total. The second kappa shape index (κ2) is 16.3. The molecule has 5 aromatic rings. The predicted molar refractivity (Wildman–Crippen MR) is 230 cm³/mol. The Morgan fingerprint density at radius 3 is 0.707 bits per heavy atom. The zero-order valence-corrected chi connectivity index (χ0v) is 35.5. The predicted octanol–water partition coefficient (Wildman–Crippen LogP) is 9.47. The molecule has 302 valence electrons. The molecule has 4 amide bonds. The van der Waals surface area contributed by atoms with Crippen molar-refractivity contribution in [3.05, 3.63) is 130 Å². The number of carbonyl (C=O) groups excluding carboxylic acids is 4. The van der Waals surface area contributed by atoms with Gasteiger partial charge in [0.25, 0.3) is 23.6 Å². The van der Waals surface area contributed by atoms with Crippen molar-refractivity contribution in [3.63, 3.8) is 0 Å². The van der Waals surface area contributed by atoms with Gasteiger partial charge < -0.3 is 21.3 Å². The lowest BCUT2D eigenvalue weighted by molar-refractivity contribution is 0.101. The van der Waals surface area contributed by atoms with E-state index in [1.165, 1.54) is 12.1 Å². The van der Waals surface area contributed by atoms with Gasteiger partial charge in [-0.2, -0.15) is 0 Å². The van der Waals surface area contributed by atoms with Gasteiger partial charge in [0.1, 0.15) is 22.8 Å². The van der Waals surface area contributed by atoms with E-state index in [0.29, 0.717) is 0 Å². The van der Waals surface area contributed by atoms with E-state index in [0.717, 1.165) is 22.3 Å². The highest BCUT2D eigenvalue weighted by molar-refractivity contribution is 6.14. The van der Waals surface area contributed by atoms with Crippen LogP contribution in [0.25, 0.3) is 0 Å². The highest BCUT2D eigenvalue weighted by Crippen LogP contribution is 2.36. The summed E-state index contributed by atoms with van der Waals surface area (Å²) in [5, 5.41) is 11.6. The maximum absolute atomic E-state index is 13.9. The number of pyridine rings is 4. The highest BCUT2D eigenvalue weighted by Gasteiger charge is 2.25. The van der Waals surface area contributed by atoms with Gasteiger partial charge in [0.15, 0.2) is 0 Å². The molecule has 0 saturated heterocycles. The van der Waals surface area contributed by atoms with Crippen molar-refractivity contribution in [3.8, 4) is 0 Å². The molecule has 1 aromatic carbocycles. The van der Waals surface area contributed by atoms with Gasteiger partial charge in [-0.25, -0.2) is 0 Å². The molecule has 0 aliphatic rings. The minimum atomic E-state index is -0.564. The van der Waals surface area contributed by atoms with E-state index in [9.17, 15) is 19.2 Å². The maximum atomic E-state index is 13.9.